The molecular formula is C28H42N2O. The molecule has 0 aliphatic carbocycles. The third-order valence-electron chi connectivity index (χ3n) is 5.56. The minimum absolute atomic E-state index is 0.770. The zero-order chi connectivity index (χ0) is 22.0. The third-order valence-corrected chi connectivity index (χ3v) is 5.56. The van der Waals surface area contributed by atoms with E-state index in [4.69, 9.17) is 4.74 Å². The molecule has 0 bridgehead atoms. The standard InChI is InChI=1S/C28H42N2O/c1-3-5-7-9-10-11-12-14-16-22-31-27-20-18-26(19-21-27)28-29-23-25(24-30-28)17-15-13-8-6-4-2/h10-11,18-21,23-24H,3-9,12-17,22H2,1-2H3/b11-10-. The van der Waals surface area contributed by atoms with Crippen LogP contribution < -0.4 is 4.74 Å². The highest BCUT2D eigenvalue weighted by atomic mass is 16.5. The van der Waals surface area contributed by atoms with E-state index in [0.717, 1.165) is 43.0 Å². The van der Waals surface area contributed by atoms with E-state index in [2.05, 4.69) is 36.0 Å². The van der Waals surface area contributed by atoms with Crippen molar-refractivity contribution >= 4 is 0 Å². The highest BCUT2D eigenvalue weighted by Gasteiger charge is 2.03. The van der Waals surface area contributed by atoms with Crippen molar-refractivity contribution in [2.45, 2.75) is 97.3 Å². The first kappa shape index (κ1) is 25.1. The molecule has 0 aliphatic heterocycles. The predicted octanol–water partition coefficient (Wildman–Crippen LogP) is 8.34. The molecule has 2 rings (SSSR count). The molecule has 0 N–H and O–H groups in total. The van der Waals surface area contributed by atoms with Crippen LogP contribution in [0.2, 0.25) is 0 Å². The average Bonchev–Trinajstić information content (AvgIpc) is 2.81. The first-order chi connectivity index (χ1) is 15.3. The lowest BCUT2D eigenvalue weighted by Gasteiger charge is -2.07. The maximum absolute atomic E-state index is 5.88. The minimum Gasteiger partial charge on any atom is -0.494 e. The molecule has 0 spiro atoms. The van der Waals surface area contributed by atoms with Gasteiger partial charge in [-0.15, -0.1) is 0 Å². The van der Waals surface area contributed by atoms with E-state index in [0.29, 0.717) is 0 Å². The van der Waals surface area contributed by atoms with Gasteiger partial charge in [0.1, 0.15) is 5.75 Å². The highest BCUT2D eigenvalue weighted by Crippen LogP contribution is 2.20. The molecule has 0 fully saturated rings. The lowest BCUT2D eigenvalue weighted by molar-refractivity contribution is 0.307. The fourth-order valence-electron chi connectivity index (χ4n) is 3.57. The van der Waals surface area contributed by atoms with E-state index in [1.165, 1.54) is 69.8 Å². The summed E-state index contributed by atoms with van der Waals surface area (Å²) in [5, 5.41) is 0. The van der Waals surface area contributed by atoms with Crippen LogP contribution in [0.15, 0.2) is 48.8 Å². The number of allylic oxidation sites excluding steroid dienone is 2. The average molecular weight is 423 g/mol. The first-order valence-electron chi connectivity index (χ1n) is 12.5. The summed E-state index contributed by atoms with van der Waals surface area (Å²) in [6.07, 6.45) is 24.8. The largest absolute Gasteiger partial charge is 0.494 e. The second-order valence-electron chi connectivity index (χ2n) is 8.41. The molecule has 0 atom stereocenters. The number of rotatable bonds is 17. The van der Waals surface area contributed by atoms with Gasteiger partial charge >= 0.3 is 0 Å². The summed E-state index contributed by atoms with van der Waals surface area (Å²) in [5.74, 6) is 1.70. The third kappa shape index (κ3) is 11.1. The Morgan fingerprint density at radius 1 is 0.710 bits per heavy atom. The van der Waals surface area contributed by atoms with Crippen molar-refractivity contribution in [1.29, 1.82) is 0 Å². The number of unbranched alkanes of at least 4 members (excludes halogenated alkanes) is 9. The second-order valence-corrected chi connectivity index (χ2v) is 8.41. The number of hydrogen-bond acceptors (Lipinski definition) is 3. The fourth-order valence-corrected chi connectivity index (χ4v) is 3.57. The van der Waals surface area contributed by atoms with Gasteiger partial charge in [-0.25, -0.2) is 9.97 Å². The fraction of sp³-hybridized carbons (Fsp3) is 0.571. The van der Waals surface area contributed by atoms with Crippen LogP contribution in [0.25, 0.3) is 11.4 Å². The van der Waals surface area contributed by atoms with Gasteiger partial charge in [0.25, 0.3) is 0 Å². The molecule has 0 aliphatic rings. The van der Waals surface area contributed by atoms with Crippen molar-refractivity contribution < 1.29 is 4.74 Å². The lowest BCUT2D eigenvalue weighted by Crippen LogP contribution is -1.97. The SMILES string of the molecule is CCCCC/C=C\CCCCOc1ccc(-c2ncc(CCCCCCC)cn2)cc1. The molecule has 3 heteroatoms. The lowest BCUT2D eigenvalue weighted by atomic mass is 10.1. The van der Waals surface area contributed by atoms with Crippen LogP contribution in [0.4, 0.5) is 0 Å². The Morgan fingerprint density at radius 2 is 1.32 bits per heavy atom. The molecule has 1 aromatic heterocycles. The molecule has 1 aromatic carbocycles. The Labute approximate surface area is 190 Å². The van der Waals surface area contributed by atoms with Crippen molar-refractivity contribution in [1.82, 2.24) is 9.97 Å². The van der Waals surface area contributed by atoms with Crippen LogP contribution in [0.1, 0.15) is 96.5 Å². The van der Waals surface area contributed by atoms with Gasteiger partial charge in [0.05, 0.1) is 6.61 Å². The van der Waals surface area contributed by atoms with E-state index >= 15 is 0 Å². The minimum atomic E-state index is 0.770. The maximum Gasteiger partial charge on any atom is 0.159 e. The Morgan fingerprint density at radius 3 is 2.00 bits per heavy atom. The number of aromatic nitrogens is 2. The van der Waals surface area contributed by atoms with Crippen molar-refractivity contribution in [3.05, 3.63) is 54.4 Å². The summed E-state index contributed by atoms with van der Waals surface area (Å²) in [7, 11) is 0. The van der Waals surface area contributed by atoms with E-state index < -0.39 is 0 Å². The van der Waals surface area contributed by atoms with Gasteiger partial charge in [0, 0.05) is 18.0 Å². The Balaban J connectivity index is 1.63. The summed E-state index contributed by atoms with van der Waals surface area (Å²) >= 11 is 0. The topological polar surface area (TPSA) is 35.0 Å². The summed E-state index contributed by atoms with van der Waals surface area (Å²) in [6, 6.07) is 8.14. The second kappa shape index (κ2) is 16.5. The zero-order valence-electron chi connectivity index (χ0n) is 19.8. The van der Waals surface area contributed by atoms with Gasteiger partial charge in [0.2, 0.25) is 0 Å². The number of hydrogen-bond donors (Lipinski definition) is 0. The van der Waals surface area contributed by atoms with Crippen LogP contribution in [-0.4, -0.2) is 16.6 Å². The van der Waals surface area contributed by atoms with Crippen LogP contribution in [0.5, 0.6) is 5.75 Å². The summed E-state index contributed by atoms with van der Waals surface area (Å²) in [5.41, 5.74) is 2.27. The summed E-state index contributed by atoms with van der Waals surface area (Å²) < 4.78 is 5.88. The van der Waals surface area contributed by atoms with E-state index in [9.17, 15) is 0 Å². The highest BCUT2D eigenvalue weighted by molar-refractivity contribution is 5.55. The van der Waals surface area contributed by atoms with Gasteiger partial charge in [-0.3, -0.25) is 0 Å². The number of benzene rings is 1. The molecule has 0 amide bonds. The van der Waals surface area contributed by atoms with Crippen molar-refractivity contribution in [2.24, 2.45) is 0 Å². The number of nitrogens with zero attached hydrogens (tertiary/aromatic N) is 2. The predicted molar refractivity (Wildman–Crippen MR) is 133 cm³/mol. The molecule has 0 unspecified atom stereocenters. The molecule has 1 heterocycles. The van der Waals surface area contributed by atoms with Gasteiger partial charge < -0.3 is 4.74 Å². The molecule has 170 valence electrons. The Kier molecular flexibility index (Phi) is 13.4. The van der Waals surface area contributed by atoms with Gasteiger partial charge in [-0.2, -0.15) is 0 Å². The van der Waals surface area contributed by atoms with Crippen LogP contribution >= 0.6 is 0 Å². The van der Waals surface area contributed by atoms with Crippen molar-refractivity contribution in [3.63, 3.8) is 0 Å². The van der Waals surface area contributed by atoms with Crippen molar-refractivity contribution in [2.75, 3.05) is 6.61 Å². The zero-order valence-corrected chi connectivity index (χ0v) is 19.8. The smallest absolute Gasteiger partial charge is 0.159 e. The van der Waals surface area contributed by atoms with E-state index in [1.807, 2.05) is 36.7 Å². The number of ether oxygens (including phenoxy) is 1. The van der Waals surface area contributed by atoms with E-state index in [1.54, 1.807) is 0 Å². The Bertz CT molecular complexity index is 707. The first-order valence-corrected chi connectivity index (χ1v) is 12.5. The van der Waals surface area contributed by atoms with Gasteiger partial charge in [0.15, 0.2) is 5.82 Å². The summed E-state index contributed by atoms with van der Waals surface area (Å²) in [4.78, 5) is 9.13. The Hall–Kier alpha value is -2.16. The van der Waals surface area contributed by atoms with Crippen LogP contribution in [-0.2, 0) is 6.42 Å². The normalized spacial score (nSPS) is 11.3. The van der Waals surface area contributed by atoms with Crippen molar-refractivity contribution in [3.8, 4) is 17.1 Å². The molecule has 3 nitrogen and oxygen atoms in total. The summed E-state index contributed by atoms with van der Waals surface area (Å²) in [6.45, 7) is 5.27. The van der Waals surface area contributed by atoms with Crippen LogP contribution in [0, 0.1) is 0 Å². The van der Waals surface area contributed by atoms with Gasteiger partial charge in [-0.05, 0) is 74.8 Å². The quantitative estimate of drug-likeness (QED) is 0.190. The molecular weight excluding hydrogens is 380 g/mol. The van der Waals surface area contributed by atoms with Gasteiger partial charge in [-0.1, -0.05) is 64.5 Å². The number of aryl methyl sites for hydroxylation is 1. The maximum atomic E-state index is 5.88. The monoisotopic (exact) mass is 422 g/mol. The molecule has 0 radical (unpaired) electrons. The molecule has 2 aromatic rings. The molecule has 0 saturated heterocycles. The molecule has 31 heavy (non-hydrogen) atoms. The molecule has 0 saturated carbocycles. The van der Waals surface area contributed by atoms with Crippen LogP contribution in [0.3, 0.4) is 0 Å². The van der Waals surface area contributed by atoms with E-state index in [-0.39, 0.29) is 0 Å².